The SMILES string of the molecule is CCCNc1nc(C)cn1C(CC(C)C)CN(C)C. The van der Waals surface area contributed by atoms with E-state index in [9.17, 15) is 0 Å². The van der Waals surface area contributed by atoms with Crippen LogP contribution in [0.15, 0.2) is 6.20 Å². The second-order valence-electron chi connectivity index (χ2n) is 6.09. The zero-order chi connectivity index (χ0) is 14.4. The first-order valence-corrected chi connectivity index (χ1v) is 7.38. The Balaban J connectivity index is 2.92. The van der Waals surface area contributed by atoms with Crippen molar-refractivity contribution >= 4 is 5.95 Å². The molecule has 0 aliphatic rings. The van der Waals surface area contributed by atoms with Crippen LogP contribution in [0.25, 0.3) is 0 Å². The average molecular weight is 266 g/mol. The standard InChI is InChI=1S/C15H30N4/c1-7-8-16-15-17-13(4)10-19(15)14(9-12(2)3)11-18(5)6/h10,12,14H,7-9,11H2,1-6H3,(H,16,17). The molecule has 1 heterocycles. The summed E-state index contributed by atoms with van der Waals surface area (Å²) in [6.45, 7) is 10.8. The van der Waals surface area contributed by atoms with Crippen molar-refractivity contribution in [1.82, 2.24) is 14.5 Å². The second kappa shape index (κ2) is 7.53. The highest BCUT2D eigenvalue weighted by molar-refractivity contribution is 5.29. The number of aromatic nitrogens is 2. The van der Waals surface area contributed by atoms with Gasteiger partial charge in [0, 0.05) is 25.3 Å². The molecule has 4 nitrogen and oxygen atoms in total. The zero-order valence-corrected chi connectivity index (χ0v) is 13.4. The normalized spacial score (nSPS) is 13.3. The molecule has 1 unspecified atom stereocenters. The lowest BCUT2D eigenvalue weighted by atomic mass is 10.0. The monoisotopic (exact) mass is 266 g/mol. The van der Waals surface area contributed by atoms with Gasteiger partial charge in [-0.15, -0.1) is 0 Å². The van der Waals surface area contributed by atoms with Gasteiger partial charge in [0.15, 0.2) is 0 Å². The van der Waals surface area contributed by atoms with Gasteiger partial charge in [0.25, 0.3) is 0 Å². The van der Waals surface area contributed by atoms with Gasteiger partial charge in [-0.25, -0.2) is 4.98 Å². The minimum atomic E-state index is 0.482. The maximum Gasteiger partial charge on any atom is 0.203 e. The minimum Gasteiger partial charge on any atom is -0.356 e. The van der Waals surface area contributed by atoms with Crippen LogP contribution in [0.5, 0.6) is 0 Å². The van der Waals surface area contributed by atoms with E-state index in [1.807, 2.05) is 0 Å². The van der Waals surface area contributed by atoms with Crippen molar-refractivity contribution in [2.75, 3.05) is 32.5 Å². The van der Waals surface area contributed by atoms with Gasteiger partial charge in [0.2, 0.25) is 5.95 Å². The molecule has 1 atom stereocenters. The summed E-state index contributed by atoms with van der Waals surface area (Å²) in [6.07, 6.45) is 4.47. The van der Waals surface area contributed by atoms with Crippen LogP contribution < -0.4 is 5.32 Å². The predicted octanol–water partition coefficient (Wildman–Crippen LogP) is 3.16. The molecular weight excluding hydrogens is 236 g/mol. The summed E-state index contributed by atoms with van der Waals surface area (Å²) in [5.74, 6) is 1.71. The first-order valence-electron chi connectivity index (χ1n) is 7.38. The van der Waals surface area contributed by atoms with Gasteiger partial charge in [-0.2, -0.15) is 0 Å². The molecule has 0 radical (unpaired) electrons. The Hall–Kier alpha value is -1.03. The van der Waals surface area contributed by atoms with Gasteiger partial charge in [0.05, 0.1) is 5.69 Å². The van der Waals surface area contributed by atoms with E-state index >= 15 is 0 Å². The third-order valence-electron chi connectivity index (χ3n) is 3.10. The van der Waals surface area contributed by atoms with E-state index < -0.39 is 0 Å². The summed E-state index contributed by atoms with van der Waals surface area (Å²) in [6, 6.07) is 0.482. The van der Waals surface area contributed by atoms with E-state index in [4.69, 9.17) is 0 Å². The van der Waals surface area contributed by atoms with E-state index in [0.29, 0.717) is 12.0 Å². The van der Waals surface area contributed by atoms with Crippen molar-refractivity contribution in [2.24, 2.45) is 5.92 Å². The fraction of sp³-hybridized carbons (Fsp3) is 0.800. The molecule has 1 rings (SSSR count). The van der Waals surface area contributed by atoms with Crippen molar-refractivity contribution in [1.29, 1.82) is 0 Å². The molecule has 0 aliphatic carbocycles. The minimum absolute atomic E-state index is 0.482. The van der Waals surface area contributed by atoms with Crippen LogP contribution >= 0.6 is 0 Å². The zero-order valence-electron chi connectivity index (χ0n) is 13.4. The molecule has 4 heteroatoms. The number of rotatable bonds is 8. The summed E-state index contributed by atoms with van der Waals surface area (Å²) in [5, 5.41) is 3.44. The van der Waals surface area contributed by atoms with E-state index in [-0.39, 0.29) is 0 Å². The van der Waals surface area contributed by atoms with Crippen molar-refractivity contribution < 1.29 is 0 Å². The van der Waals surface area contributed by atoms with E-state index in [0.717, 1.165) is 31.2 Å². The highest BCUT2D eigenvalue weighted by Crippen LogP contribution is 2.23. The number of aryl methyl sites for hydroxylation is 1. The Bertz CT molecular complexity index is 358. The molecule has 0 saturated heterocycles. The fourth-order valence-electron chi connectivity index (χ4n) is 2.40. The number of anilines is 1. The van der Waals surface area contributed by atoms with Gasteiger partial charge < -0.3 is 14.8 Å². The van der Waals surface area contributed by atoms with Crippen molar-refractivity contribution in [3.63, 3.8) is 0 Å². The van der Waals surface area contributed by atoms with Gasteiger partial charge in [-0.1, -0.05) is 20.8 Å². The number of hydrogen-bond acceptors (Lipinski definition) is 3. The highest BCUT2D eigenvalue weighted by atomic mass is 15.2. The molecule has 0 saturated carbocycles. The average Bonchev–Trinajstić information content (AvgIpc) is 2.65. The lowest BCUT2D eigenvalue weighted by Gasteiger charge is -2.25. The second-order valence-corrected chi connectivity index (χ2v) is 6.09. The van der Waals surface area contributed by atoms with Gasteiger partial charge in [0.1, 0.15) is 0 Å². The first kappa shape index (κ1) is 16.0. The van der Waals surface area contributed by atoms with Crippen LogP contribution in [0, 0.1) is 12.8 Å². The van der Waals surface area contributed by atoms with Crippen LogP contribution in [-0.2, 0) is 0 Å². The third kappa shape index (κ3) is 5.23. The van der Waals surface area contributed by atoms with E-state index in [2.05, 4.69) is 67.8 Å². The molecule has 0 spiro atoms. The number of nitrogens with zero attached hydrogens (tertiary/aromatic N) is 3. The topological polar surface area (TPSA) is 33.1 Å². The Morgan fingerprint density at radius 3 is 2.58 bits per heavy atom. The number of nitrogens with one attached hydrogen (secondary N) is 1. The predicted molar refractivity (Wildman–Crippen MR) is 82.8 cm³/mol. The van der Waals surface area contributed by atoms with Gasteiger partial charge >= 0.3 is 0 Å². The number of imidazole rings is 1. The smallest absolute Gasteiger partial charge is 0.203 e. The molecular formula is C15H30N4. The number of hydrogen-bond donors (Lipinski definition) is 1. The molecule has 0 fully saturated rings. The van der Waals surface area contributed by atoms with Gasteiger partial charge in [-0.3, -0.25) is 0 Å². The summed E-state index contributed by atoms with van der Waals surface area (Å²) in [5.41, 5.74) is 1.09. The van der Waals surface area contributed by atoms with Crippen LogP contribution in [0.1, 0.15) is 45.3 Å². The van der Waals surface area contributed by atoms with Crippen molar-refractivity contribution in [3.05, 3.63) is 11.9 Å². The lowest BCUT2D eigenvalue weighted by Crippen LogP contribution is -2.26. The maximum atomic E-state index is 4.62. The van der Waals surface area contributed by atoms with Crippen LogP contribution in [0.4, 0.5) is 5.95 Å². The Morgan fingerprint density at radius 2 is 2.05 bits per heavy atom. The molecule has 0 amide bonds. The highest BCUT2D eigenvalue weighted by Gasteiger charge is 2.18. The Labute approximate surface area is 118 Å². The fourth-order valence-corrected chi connectivity index (χ4v) is 2.40. The summed E-state index contributed by atoms with van der Waals surface area (Å²) >= 11 is 0. The molecule has 0 aromatic carbocycles. The van der Waals surface area contributed by atoms with E-state index in [1.54, 1.807) is 0 Å². The van der Waals surface area contributed by atoms with Crippen LogP contribution in [-0.4, -0.2) is 41.6 Å². The maximum absolute atomic E-state index is 4.62. The molecule has 0 aliphatic heterocycles. The molecule has 0 bridgehead atoms. The Morgan fingerprint density at radius 1 is 1.37 bits per heavy atom. The Kier molecular flexibility index (Phi) is 6.35. The van der Waals surface area contributed by atoms with E-state index in [1.165, 1.54) is 6.42 Å². The summed E-state index contributed by atoms with van der Waals surface area (Å²) < 4.78 is 2.32. The molecule has 1 aromatic heterocycles. The molecule has 1 aromatic rings. The largest absolute Gasteiger partial charge is 0.356 e. The van der Waals surface area contributed by atoms with Crippen molar-refractivity contribution in [2.45, 2.75) is 46.6 Å². The molecule has 110 valence electrons. The molecule has 1 N–H and O–H groups in total. The van der Waals surface area contributed by atoms with Crippen LogP contribution in [0.3, 0.4) is 0 Å². The third-order valence-corrected chi connectivity index (χ3v) is 3.10. The van der Waals surface area contributed by atoms with Crippen LogP contribution in [0.2, 0.25) is 0 Å². The molecule has 19 heavy (non-hydrogen) atoms. The summed E-state index contributed by atoms with van der Waals surface area (Å²) in [7, 11) is 4.27. The first-order chi connectivity index (χ1) is 8.93. The summed E-state index contributed by atoms with van der Waals surface area (Å²) in [4.78, 5) is 6.87. The quantitative estimate of drug-likeness (QED) is 0.784. The van der Waals surface area contributed by atoms with Gasteiger partial charge in [-0.05, 0) is 39.8 Å². The lowest BCUT2D eigenvalue weighted by molar-refractivity contribution is 0.290. The number of likely N-dealkylation sites (N-methyl/N-ethyl adjacent to an activating group) is 1. The van der Waals surface area contributed by atoms with Crippen molar-refractivity contribution in [3.8, 4) is 0 Å².